The molecule has 1 aliphatic carbocycles. The van der Waals surface area contributed by atoms with Crippen molar-refractivity contribution in [1.82, 2.24) is 5.32 Å². The summed E-state index contributed by atoms with van der Waals surface area (Å²) >= 11 is 0. The van der Waals surface area contributed by atoms with Crippen molar-refractivity contribution in [2.45, 2.75) is 70.8 Å². The first kappa shape index (κ1) is 14.9. The van der Waals surface area contributed by atoms with Gasteiger partial charge in [0.1, 0.15) is 0 Å². The molecule has 1 fully saturated rings. The maximum atomic E-state index is 13.4. The largest absolute Gasteiger partial charge is 0.316 e. The summed E-state index contributed by atoms with van der Waals surface area (Å²) in [6.45, 7) is 4.38. The van der Waals surface area contributed by atoms with Crippen molar-refractivity contribution in [3.05, 3.63) is 0 Å². The molecule has 1 saturated carbocycles. The lowest BCUT2D eigenvalue weighted by atomic mass is 9.72. The minimum Gasteiger partial charge on any atom is -0.316 e. The SMILES string of the molecule is CCCC(CCC)C1CCC(F)(F)CC1NC. The van der Waals surface area contributed by atoms with Gasteiger partial charge in [-0.2, -0.15) is 0 Å². The van der Waals surface area contributed by atoms with Crippen LogP contribution in [0.4, 0.5) is 8.78 Å². The molecule has 0 spiro atoms. The van der Waals surface area contributed by atoms with E-state index in [0.29, 0.717) is 18.3 Å². The number of hydrogen-bond acceptors (Lipinski definition) is 1. The monoisotopic (exact) mass is 247 g/mol. The summed E-state index contributed by atoms with van der Waals surface area (Å²) in [7, 11) is 1.83. The zero-order valence-corrected chi connectivity index (χ0v) is 11.4. The van der Waals surface area contributed by atoms with Crippen LogP contribution < -0.4 is 5.32 Å². The van der Waals surface area contributed by atoms with Crippen LogP contribution in [-0.2, 0) is 0 Å². The molecule has 0 aromatic rings. The number of alkyl halides is 2. The van der Waals surface area contributed by atoms with E-state index >= 15 is 0 Å². The third-order valence-electron chi connectivity index (χ3n) is 4.17. The Labute approximate surface area is 104 Å². The van der Waals surface area contributed by atoms with E-state index in [2.05, 4.69) is 19.2 Å². The molecule has 0 aromatic carbocycles. The molecule has 0 aliphatic heterocycles. The molecule has 1 rings (SSSR count). The van der Waals surface area contributed by atoms with Crippen LogP contribution in [0.2, 0.25) is 0 Å². The van der Waals surface area contributed by atoms with Crippen LogP contribution in [0.1, 0.15) is 58.8 Å². The Hall–Kier alpha value is -0.180. The van der Waals surface area contributed by atoms with Crippen LogP contribution in [-0.4, -0.2) is 19.0 Å². The van der Waals surface area contributed by atoms with Crippen LogP contribution in [0.15, 0.2) is 0 Å². The first-order chi connectivity index (χ1) is 8.04. The first-order valence-electron chi connectivity index (χ1n) is 7.09. The molecule has 1 N–H and O–H groups in total. The van der Waals surface area contributed by atoms with Gasteiger partial charge in [0.15, 0.2) is 0 Å². The van der Waals surface area contributed by atoms with Gasteiger partial charge in [-0.25, -0.2) is 8.78 Å². The summed E-state index contributed by atoms with van der Waals surface area (Å²) in [5.41, 5.74) is 0. The topological polar surface area (TPSA) is 12.0 Å². The van der Waals surface area contributed by atoms with Gasteiger partial charge in [-0.05, 0) is 25.3 Å². The Bertz CT molecular complexity index is 210. The summed E-state index contributed by atoms with van der Waals surface area (Å²) in [5, 5.41) is 3.13. The van der Waals surface area contributed by atoms with Gasteiger partial charge in [0, 0.05) is 18.9 Å². The predicted molar refractivity (Wildman–Crippen MR) is 68.4 cm³/mol. The summed E-state index contributed by atoms with van der Waals surface area (Å²) in [6, 6.07) is 0.00171. The van der Waals surface area contributed by atoms with Crippen LogP contribution in [0, 0.1) is 11.8 Å². The number of halogens is 2. The van der Waals surface area contributed by atoms with E-state index in [4.69, 9.17) is 0 Å². The predicted octanol–water partition coefficient (Wildman–Crippen LogP) is 4.23. The van der Waals surface area contributed by atoms with Crippen molar-refractivity contribution in [1.29, 1.82) is 0 Å². The van der Waals surface area contributed by atoms with Crippen molar-refractivity contribution in [3.63, 3.8) is 0 Å². The van der Waals surface area contributed by atoms with Crippen LogP contribution >= 0.6 is 0 Å². The highest BCUT2D eigenvalue weighted by atomic mass is 19.3. The molecule has 17 heavy (non-hydrogen) atoms. The second kappa shape index (κ2) is 6.67. The third-order valence-corrected chi connectivity index (χ3v) is 4.17. The van der Waals surface area contributed by atoms with E-state index in [9.17, 15) is 8.78 Å². The van der Waals surface area contributed by atoms with E-state index in [-0.39, 0.29) is 18.9 Å². The van der Waals surface area contributed by atoms with E-state index in [1.807, 2.05) is 7.05 Å². The summed E-state index contributed by atoms with van der Waals surface area (Å²) < 4.78 is 26.8. The highest BCUT2D eigenvalue weighted by molar-refractivity contribution is 4.91. The molecule has 0 saturated heterocycles. The van der Waals surface area contributed by atoms with Gasteiger partial charge in [0.2, 0.25) is 5.92 Å². The Morgan fingerprint density at radius 1 is 1.24 bits per heavy atom. The van der Waals surface area contributed by atoms with Crippen LogP contribution in [0.5, 0.6) is 0 Å². The second-order valence-corrected chi connectivity index (χ2v) is 5.50. The van der Waals surface area contributed by atoms with Crippen LogP contribution in [0.25, 0.3) is 0 Å². The summed E-state index contributed by atoms with van der Waals surface area (Å²) in [5.74, 6) is -1.38. The molecule has 0 radical (unpaired) electrons. The first-order valence-corrected chi connectivity index (χ1v) is 7.09. The third kappa shape index (κ3) is 4.20. The van der Waals surface area contributed by atoms with Gasteiger partial charge in [0.05, 0.1) is 0 Å². The lowest BCUT2D eigenvalue weighted by molar-refractivity contribution is -0.0664. The average Bonchev–Trinajstić information content (AvgIpc) is 2.28. The number of hydrogen-bond donors (Lipinski definition) is 1. The van der Waals surface area contributed by atoms with Crippen molar-refractivity contribution in [2.24, 2.45) is 11.8 Å². The van der Waals surface area contributed by atoms with E-state index in [1.54, 1.807) is 0 Å². The van der Waals surface area contributed by atoms with E-state index in [0.717, 1.165) is 12.8 Å². The Kier molecular flexibility index (Phi) is 5.84. The van der Waals surface area contributed by atoms with E-state index in [1.165, 1.54) is 12.8 Å². The van der Waals surface area contributed by atoms with Crippen molar-refractivity contribution < 1.29 is 8.78 Å². The fourth-order valence-corrected chi connectivity index (χ4v) is 3.35. The summed E-state index contributed by atoms with van der Waals surface area (Å²) in [4.78, 5) is 0. The summed E-state index contributed by atoms with van der Waals surface area (Å²) in [6.07, 6.45) is 5.48. The van der Waals surface area contributed by atoms with Gasteiger partial charge in [-0.3, -0.25) is 0 Å². The highest BCUT2D eigenvalue weighted by Gasteiger charge is 2.42. The zero-order valence-electron chi connectivity index (χ0n) is 11.4. The standard InChI is InChI=1S/C14H27F2N/c1-4-6-11(7-5-2)12-8-9-14(15,16)10-13(12)17-3/h11-13,17H,4-10H2,1-3H3. The maximum absolute atomic E-state index is 13.4. The van der Waals surface area contributed by atoms with Gasteiger partial charge >= 0.3 is 0 Å². The Morgan fingerprint density at radius 2 is 1.82 bits per heavy atom. The average molecular weight is 247 g/mol. The Morgan fingerprint density at radius 3 is 2.29 bits per heavy atom. The fraction of sp³-hybridized carbons (Fsp3) is 1.00. The minimum atomic E-state index is -2.45. The van der Waals surface area contributed by atoms with Crippen molar-refractivity contribution in [2.75, 3.05) is 7.05 Å². The van der Waals surface area contributed by atoms with Gasteiger partial charge in [-0.15, -0.1) is 0 Å². The maximum Gasteiger partial charge on any atom is 0.249 e. The van der Waals surface area contributed by atoms with Crippen molar-refractivity contribution in [3.8, 4) is 0 Å². The van der Waals surface area contributed by atoms with Crippen LogP contribution in [0.3, 0.4) is 0 Å². The number of rotatable bonds is 6. The molecule has 0 aromatic heterocycles. The molecule has 1 nitrogen and oxygen atoms in total. The molecule has 2 atom stereocenters. The quantitative estimate of drug-likeness (QED) is 0.740. The molecular formula is C14H27F2N. The molecule has 0 bridgehead atoms. The lowest BCUT2D eigenvalue weighted by Gasteiger charge is -2.40. The molecule has 1 aliphatic rings. The Balaban J connectivity index is 2.66. The highest BCUT2D eigenvalue weighted by Crippen LogP contribution is 2.41. The molecule has 102 valence electrons. The van der Waals surface area contributed by atoms with Gasteiger partial charge in [0.25, 0.3) is 0 Å². The molecule has 0 amide bonds. The zero-order chi connectivity index (χ0) is 12.9. The lowest BCUT2D eigenvalue weighted by Crippen LogP contribution is -2.46. The molecule has 0 heterocycles. The van der Waals surface area contributed by atoms with Gasteiger partial charge < -0.3 is 5.32 Å². The van der Waals surface area contributed by atoms with Crippen molar-refractivity contribution >= 4 is 0 Å². The molecule has 2 unspecified atom stereocenters. The smallest absolute Gasteiger partial charge is 0.249 e. The fourth-order valence-electron chi connectivity index (χ4n) is 3.35. The molecule has 3 heteroatoms. The second-order valence-electron chi connectivity index (χ2n) is 5.50. The normalized spacial score (nSPS) is 28.6. The molecular weight excluding hydrogens is 220 g/mol. The van der Waals surface area contributed by atoms with Gasteiger partial charge in [-0.1, -0.05) is 39.5 Å². The number of nitrogens with one attached hydrogen (secondary N) is 1. The van der Waals surface area contributed by atoms with E-state index < -0.39 is 5.92 Å². The minimum absolute atomic E-state index is 0.00171.